The molecule has 0 fully saturated rings. The zero-order valence-electron chi connectivity index (χ0n) is 31.3. The molecular weight excluding hydrogens is 723 g/mol. The Morgan fingerprint density at radius 1 is 0.345 bits per heavy atom. The highest BCUT2D eigenvalue weighted by atomic mass is 32.1. The third-order valence-electron chi connectivity index (χ3n) is 11.6. The van der Waals surface area contributed by atoms with Crippen LogP contribution in [0.5, 0.6) is 0 Å². The van der Waals surface area contributed by atoms with Crippen LogP contribution in [0.25, 0.3) is 114 Å². The largest absolute Gasteiger partial charge is 0.309 e. The number of nitrogens with zero attached hydrogens (tertiary/aromatic N) is 3. The van der Waals surface area contributed by atoms with E-state index in [2.05, 4.69) is 205 Å². The molecule has 58 heavy (non-hydrogen) atoms. The van der Waals surface area contributed by atoms with E-state index in [1.807, 2.05) is 11.3 Å². The first-order valence-corrected chi connectivity index (χ1v) is 20.5. The summed E-state index contributed by atoms with van der Waals surface area (Å²) in [5, 5.41) is 9.87. The van der Waals surface area contributed by atoms with E-state index in [1.165, 1.54) is 58.1 Å². The van der Waals surface area contributed by atoms with Gasteiger partial charge in [0.05, 0.1) is 22.4 Å². The highest BCUT2D eigenvalue weighted by Crippen LogP contribution is 2.41. The molecule has 270 valence electrons. The fraction of sp³-hybridized carbons (Fsp3) is 0. The van der Waals surface area contributed by atoms with E-state index in [1.54, 1.807) is 0 Å². The van der Waals surface area contributed by atoms with Gasteiger partial charge in [0, 0.05) is 53.3 Å². The molecule has 3 nitrogen and oxygen atoms in total. The second kappa shape index (κ2) is 13.1. The topological polar surface area (TPSA) is 30.7 Å². The average molecular weight is 756 g/mol. The molecule has 3 heterocycles. The molecule has 0 bridgehead atoms. The third-order valence-corrected chi connectivity index (χ3v) is 12.7. The van der Waals surface area contributed by atoms with Crippen molar-refractivity contribution in [2.45, 2.75) is 0 Å². The van der Waals surface area contributed by atoms with Crippen LogP contribution >= 0.6 is 11.3 Å². The summed E-state index contributed by atoms with van der Waals surface area (Å²) in [7, 11) is 0. The second-order valence-corrected chi connectivity index (χ2v) is 16.1. The summed E-state index contributed by atoms with van der Waals surface area (Å²) >= 11 is 1.83. The molecule has 0 spiro atoms. The van der Waals surface area contributed by atoms with E-state index < -0.39 is 0 Å². The highest BCUT2D eigenvalue weighted by Gasteiger charge is 2.19. The predicted octanol–water partition coefficient (Wildman–Crippen LogP) is 14.9. The summed E-state index contributed by atoms with van der Waals surface area (Å²) in [5.41, 5.74) is 10.5. The minimum Gasteiger partial charge on any atom is -0.309 e. The molecule has 0 amide bonds. The zero-order chi connectivity index (χ0) is 38.2. The first kappa shape index (κ1) is 32.8. The van der Waals surface area contributed by atoms with Crippen LogP contribution in [0.3, 0.4) is 0 Å². The summed E-state index contributed by atoms with van der Waals surface area (Å²) in [6, 6.07) is 72.2. The maximum atomic E-state index is 5.45. The van der Waals surface area contributed by atoms with Crippen LogP contribution in [-0.2, 0) is 0 Å². The van der Waals surface area contributed by atoms with Crippen LogP contribution in [0.1, 0.15) is 0 Å². The lowest BCUT2D eigenvalue weighted by Gasteiger charge is -2.16. The van der Waals surface area contributed by atoms with Gasteiger partial charge in [0.1, 0.15) is 0 Å². The Bertz CT molecular complexity index is 3520. The molecule has 0 saturated carbocycles. The molecule has 0 aliphatic heterocycles. The minimum atomic E-state index is 0.681. The molecule has 12 aromatic rings. The van der Waals surface area contributed by atoms with E-state index in [9.17, 15) is 0 Å². The number of hydrogen-bond donors (Lipinski definition) is 0. The van der Waals surface area contributed by atoms with Gasteiger partial charge in [-0.1, -0.05) is 140 Å². The summed E-state index contributed by atoms with van der Waals surface area (Å²) in [4.78, 5) is 10.8. The molecule has 4 heteroatoms. The Morgan fingerprint density at radius 2 is 0.931 bits per heavy atom. The molecule has 0 unspecified atom stereocenters. The van der Waals surface area contributed by atoms with Crippen molar-refractivity contribution in [1.82, 2.24) is 14.5 Å². The van der Waals surface area contributed by atoms with Crippen molar-refractivity contribution in [2.24, 2.45) is 0 Å². The van der Waals surface area contributed by atoms with Gasteiger partial charge in [-0.15, -0.1) is 11.3 Å². The van der Waals surface area contributed by atoms with E-state index in [0.29, 0.717) is 5.82 Å². The van der Waals surface area contributed by atoms with Crippen LogP contribution in [0, 0.1) is 0 Å². The van der Waals surface area contributed by atoms with Gasteiger partial charge in [-0.3, -0.25) is 0 Å². The maximum Gasteiger partial charge on any atom is 0.160 e. The number of para-hydroxylation sites is 2. The SMILES string of the molecule is c1ccc(-c2cc(-c3ccc4sc5ccccc5c4c3)nc(-c3cc(-c4cc5ccccc5c5ccccc45)cc(-n4c5ccccc5c5ccccc54)c3)n2)cc1. The zero-order valence-corrected chi connectivity index (χ0v) is 32.1. The maximum absolute atomic E-state index is 5.45. The molecule has 0 radical (unpaired) electrons. The van der Waals surface area contributed by atoms with Gasteiger partial charge in [-0.25, -0.2) is 9.97 Å². The second-order valence-electron chi connectivity index (χ2n) is 15.0. The van der Waals surface area contributed by atoms with Crippen LogP contribution in [0.4, 0.5) is 0 Å². The van der Waals surface area contributed by atoms with Crippen molar-refractivity contribution in [2.75, 3.05) is 0 Å². The normalized spacial score (nSPS) is 11.8. The quantitative estimate of drug-likeness (QED) is 0.164. The predicted molar refractivity (Wildman–Crippen MR) is 246 cm³/mol. The highest BCUT2D eigenvalue weighted by molar-refractivity contribution is 7.25. The molecule has 0 saturated heterocycles. The fourth-order valence-electron chi connectivity index (χ4n) is 8.89. The fourth-order valence-corrected chi connectivity index (χ4v) is 9.97. The van der Waals surface area contributed by atoms with E-state index in [4.69, 9.17) is 9.97 Å². The van der Waals surface area contributed by atoms with Crippen LogP contribution in [0.2, 0.25) is 0 Å². The Balaban J connectivity index is 1.16. The van der Waals surface area contributed by atoms with E-state index >= 15 is 0 Å². The number of thiophene rings is 1. The van der Waals surface area contributed by atoms with Gasteiger partial charge in [0.25, 0.3) is 0 Å². The standard InChI is InChI=1S/C54H33N3S/c1-2-14-34(15-3-1)48-33-49(36-26-27-53-47(32-36)45-22-10-13-25-52(45)58-53)56-54(55-48)38-28-37(46-31-35-16-4-5-17-40(35)41-18-6-7-19-42(41)46)29-39(30-38)57-50-23-11-8-20-43(50)44-21-9-12-24-51(44)57/h1-33H. The number of aromatic nitrogens is 3. The number of rotatable bonds is 5. The van der Waals surface area contributed by atoms with Crippen molar-refractivity contribution in [3.63, 3.8) is 0 Å². The first-order valence-electron chi connectivity index (χ1n) is 19.6. The van der Waals surface area contributed by atoms with Gasteiger partial charge in [0.2, 0.25) is 0 Å². The van der Waals surface area contributed by atoms with Gasteiger partial charge in [-0.2, -0.15) is 0 Å². The number of fused-ring (bicyclic) bond motifs is 9. The number of benzene rings is 9. The summed E-state index contributed by atoms with van der Waals surface area (Å²) in [6.45, 7) is 0. The summed E-state index contributed by atoms with van der Waals surface area (Å²) in [5.74, 6) is 0.681. The van der Waals surface area contributed by atoms with Gasteiger partial charge < -0.3 is 4.57 Å². The van der Waals surface area contributed by atoms with Crippen LogP contribution in [0.15, 0.2) is 200 Å². The Labute approximate surface area is 338 Å². The smallest absolute Gasteiger partial charge is 0.160 e. The van der Waals surface area contributed by atoms with Crippen molar-refractivity contribution in [1.29, 1.82) is 0 Å². The summed E-state index contributed by atoms with van der Waals surface area (Å²) < 4.78 is 4.96. The lowest BCUT2D eigenvalue weighted by Crippen LogP contribution is -1.99. The van der Waals surface area contributed by atoms with Gasteiger partial charge in [-0.05, 0) is 93.3 Å². The molecule has 0 atom stereocenters. The molecule has 9 aromatic carbocycles. The van der Waals surface area contributed by atoms with Gasteiger partial charge in [0.15, 0.2) is 5.82 Å². The average Bonchev–Trinajstić information content (AvgIpc) is 3.84. The van der Waals surface area contributed by atoms with Crippen LogP contribution in [-0.4, -0.2) is 14.5 Å². The minimum absolute atomic E-state index is 0.681. The van der Waals surface area contributed by atoms with Crippen molar-refractivity contribution >= 4 is 74.9 Å². The lowest BCUT2D eigenvalue weighted by molar-refractivity contribution is 1.16. The molecular formula is C54H33N3S. The van der Waals surface area contributed by atoms with Crippen molar-refractivity contribution in [3.8, 4) is 50.7 Å². The lowest BCUT2D eigenvalue weighted by atomic mass is 9.92. The molecule has 0 aliphatic carbocycles. The third kappa shape index (κ3) is 5.27. The first-order chi connectivity index (χ1) is 28.7. The molecule has 0 N–H and O–H groups in total. The van der Waals surface area contributed by atoms with Crippen molar-refractivity contribution < 1.29 is 0 Å². The molecule has 0 aliphatic rings. The summed E-state index contributed by atoms with van der Waals surface area (Å²) in [6.07, 6.45) is 0. The molecule has 3 aromatic heterocycles. The number of hydrogen-bond acceptors (Lipinski definition) is 3. The Hall–Kier alpha value is -7.40. The monoisotopic (exact) mass is 755 g/mol. The Morgan fingerprint density at radius 3 is 1.71 bits per heavy atom. The van der Waals surface area contributed by atoms with Crippen LogP contribution < -0.4 is 0 Å². The van der Waals surface area contributed by atoms with E-state index in [-0.39, 0.29) is 0 Å². The van der Waals surface area contributed by atoms with Gasteiger partial charge >= 0.3 is 0 Å². The van der Waals surface area contributed by atoms with E-state index in [0.717, 1.165) is 50.4 Å². The molecule has 12 rings (SSSR count). The Kier molecular flexibility index (Phi) is 7.40. The van der Waals surface area contributed by atoms with Crippen molar-refractivity contribution in [3.05, 3.63) is 200 Å².